The number of rotatable bonds is 6. The second-order valence-corrected chi connectivity index (χ2v) is 6.07. The summed E-state index contributed by atoms with van der Waals surface area (Å²) < 4.78 is 11.2. The minimum Gasteiger partial charge on any atom is -0.468 e. The Balaban J connectivity index is 2.24. The number of methoxy groups -OCH3 is 1. The summed E-state index contributed by atoms with van der Waals surface area (Å²) in [5, 5.41) is 11.2. The van der Waals surface area contributed by atoms with Gasteiger partial charge in [0.15, 0.2) is 6.79 Å². The average Bonchev–Trinajstić information content (AvgIpc) is 2.51. The van der Waals surface area contributed by atoms with Gasteiger partial charge < -0.3 is 9.47 Å². The number of hydrogen-bond acceptors (Lipinski definition) is 4. The normalized spacial score (nSPS) is 11.7. The molecule has 0 aliphatic rings. The van der Waals surface area contributed by atoms with Crippen LogP contribution in [0.15, 0.2) is 53.0 Å². The zero-order valence-electron chi connectivity index (χ0n) is 11.5. The van der Waals surface area contributed by atoms with Crippen LogP contribution >= 0.6 is 27.7 Å². The summed E-state index contributed by atoms with van der Waals surface area (Å²) in [5.74, 6) is 0.746. The molecule has 0 saturated carbocycles. The van der Waals surface area contributed by atoms with Gasteiger partial charge in [0.2, 0.25) is 0 Å². The first-order valence-corrected chi connectivity index (χ1v) is 7.93. The van der Waals surface area contributed by atoms with Crippen LogP contribution in [0.1, 0.15) is 16.4 Å². The van der Waals surface area contributed by atoms with E-state index in [0.717, 1.165) is 21.3 Å². The first kappa shape index (κ1) is 15.9. The number of ether oxygens (including phenoxy) is 2. The Bertz CT molecular complexity index is 625. The minimum atomic E-state index is -0.0241. The molecule has 0 N–H and O–H groups in total. The van der Waals surface area contributed by atoms with Crippen LogP contribution in [0.2, 0.25) is 0 Å². The number of nitrogens with zero attached hydrogens (tertiary/aromatic N) is 1. The summed E-state index contributed by atoms with van der Waals surface area (Å²) in [6.07, 6.45) is 0. The third-order valence-corrected chi connectivity index (χ3v) is 4.23. The van der Waals surface area contributed by atoms with Gasteiger partial charge in [-0.05, 0) is 47.2 Å². The Kier molecular flexibility index (Phi) is 6.12. The maximum Gasteiger partial charge on any atom is 0.188 e. The summed E-state index contributed by atoms with van der Waals surface area (Å²) in [6.45, 7) is 0.224. The van der Waals surface area contributed by atoms with Crippen molar-refractivity contribution in [2.45, 2.75) is 5.25 Å². The molecule has 0 amide bonds. The van der Waals surface area contributed by atoms with Crippen molar-refractivity contribution in [1.82, 2.24) is 0 Å². The Hall–Kier alpha value is -1.48. The van der Waals surface area contributed by atoms with Gasteiger partial charge in [-0.1, -0.05) is 40.2 Å². The van der Waals surface area contributed by atoms with E-state index in [9.17, 15) is 0 Å². The molecule has 0 saturated heterocycles. The Morgan fingerprint density at radius 2 is 1.95 bits per heavy atom. The number of benzene rings is 2. The largest absolute Gasteiger partial charge is 0.468 e. The fourth-order valence-corrected chi connectivity index (χ4v) is 3.01. The summed E-state index contributed by atoms with van der Waals surface area (Å²) >= 11 is 4.70. The van der Waals surface area contributed by atoms with Gasteiger partial charge in [-0.25, -0.2) is 0 Å². The van der Waals surface area contributed by atoms with Gasteiger partial charge in [0.1, 0.15) is 11.2 Å². The van der Waals surface area contributed by atoms with E-state index in [2.05, 4.69) is 21.3 Å². The summed E-state index contributed by atoms with van der Waals surface area (Å²) in [6, 6.07) is 15.7. The second-order valence-electron chi connectivity index (χ2n) is 4.26. The van der Waals surface area contributed by atoms with Crippen LogP contribution in [0.25, 0.3) is 0 Å². The van der Waals surface area contributed by atoms with Crippen LogP contribution in [-0.4, -0.2) is 13.9 Å². The molecule has 1 unspecified atom stereocenters. The highest BCUT2D eigenvalue weighted by Crippen LogP contribution is 2.36. The molecule has 0 fully saturated rings. The van der Waals surface area contributed by atoms with Gasteiger partial charge >= 0.3 is 0 Å². The van der Waals surface area contributed by atoms with Crippen molar-refractivity contribution in [2.24, 2.45) is 0 Å². The zero-order valence-corrected chi connectivity index (χ0v) is 13.9. The van der Waals surface area contributed by atoms with Crippen LogP contribution in [0.4, 0.5) is 0 Å². The van der Waals surface area contributed by atoms with Crippen molar-refractivity contribution in [3.8, 4) is 11.2 Å². The van der Waals surface area contributed by atoms with Gasteiger partial charge in [-0.3, -0.25) is 0 Å². The highest BCUT2D eigenvalue weighted by Gasteiger charge is 2.15. The topological polar surface area (TPSA) is 42.2 Å². The SMILES string of the molecule is COCOc1ccc(C(SC#N)c2cccc(Br)c2)cc1. The van der Waals surface area contributed by atoms with Crippen LogP contribution in [-0.2, 0) is 4.74 Å². The van der Waals surface area contributed by atoms with Crippen LogP contribution < -0.4 is 4.74 Å². The Labute approximate surface area is 137 Å². The van der Waals surface area contributed by atoms with E-state index >= 15 is 0 Å². The van der Waals surface area contributed by atoms with Gasteiger partial charge in [-0.2, -0.15) is 5.26 Å². The first-order chi connectivity index (χ1) is 10.2. The lowest BCUT2D eigenvalue weighted by Crippen LogP contribution is -2.00. The maximum atomic E-state index is 9.06. The van der Waals surface area contributed by atoms with E-state index in [4.69, 9.17) is 14.7 Å². The molecule has 2 aromatic rings. The fourth-order valence-electron chi connectivity index (χ4n) is 1.92. The lowest BCUT2D eigenvalue weighted by molar-refractivity contribution is 0.0511. The molecule has 0 radical (unpaired) electrons. The van der Waals surface area contributed by atoms with Crippen molar-refractivity contribution in [1.29, 1.82) is 5.26 Å². The lowest BCUT2D eigenvalue weighted by Gasteiger charge is -2.15. The van der Waals surface area contributed by atoms with Gasteiger partial charge in [0, 0.05) is 11.6 Å². The smallest absolute Gasteiger partial charge is 0.188 e. The van der Waals surface area contributed by atoms with Gasteiger partial charge in [0.25, 0.3) is 0 Å². The molecular formula is C16H14BrNO2S. The maximum absolute atomic E-state index is 9.06. The highest BCUT2D eigenvalue weighted by molar-refractivity contribution is 9.10. The van der Waals surface area contributed by atoms with Crippen LogP contribution in [0, 0.1) is 10.7 Å². The predicted molar refractivity (Wildman–Crippen MR) is 88.1 cm³/mol. The molecule has 21 heavy (non-hydrogen) atoms. The monoisotopic (exact) mass is 363 g/mol. The summed E-state index contributed by atoms with van der Waals surface area (Å²) in [4.78, 5) is 0. The van der Waals surface area contributed by atoms with Crippen LogP contribution in [0.5, 0.6) is 5.75 Å². The molecule has 0 bridgehead atoms. The summed E-state index contributed by atoms with van der Waals surface area (Å²) in [5.41, 5.74) is 2.14. The Morgan fingerprint density at radius 3 is 2.57 bits per heavy atom. The van der Waals surface area contributed by atoms with Crippen molar-refractivity contribution in [3.05, 3.63) is 64.1 Å². The quantitative estimate of drug-likeness (QED) is 0.549. The molecule has 108 valence electrons. The van der Waals surface area contributed by atoms with Crippen LogP contribution in [0.3, 0.4) is 0 Å². The van der Waals surface area contributed by atoms with Crippen molar-refractivity contribution >= 4 is 27.7 Å². The second kappa shape index (κ2) is 8.08. The number of thiocyanates is 1. The van der Waals surface area contributed by atoms with E-state index in [0.29, 0.717) is 0 Å². The molecule has 5 heteroatoms. The molecule has 3 nitrogen and oxygen atoms in total. The van der Waals surface area contributed by atoms with Gasteiger partial charge in [0.05, 0.1) is 5.25 Å². The van der Waals surface area contributed by atoms with Crippen molar-refractivity contribution in [2.75, 3.05) is 13.9 Å². The zero-order chi connectivity index (χ0) is 15.1. The lowest BCUT2D eigenvalue weighted by atomic mass is 10.0. The molecule has 2 aromatic carbocycles. The first-order valence-electron chi connectivity index (χ1n) is 6.26. The van der Waals surface area contributed by atoms with E-state index in [1.807, 2.05) is 48.5 Å². The van der Waals surface area contributed by atoms with E-state index in [1.54, 1.807) is 7.11 Å². The average molecular weight is 364 g/mol. The third-order valence-electron chi connectivity index (χ3n) is 2.85. The predicted octanol–water partition coefficient (Wildman–Crippen LogP) is 4.74. The third kappa shape index (κ3) is 4.50. The van der Waals surface area contributed by atoms with E-state index in [1.165, 1.54) is 11.8 Å². The molecule has 0 aliphatic heterocycles. The summed E-state index contributed by atoms with van der Waals surface area (Å²) in [7, 11) is 1.58. The molecular weight excluding hydrogens is 350 g/mol. The van der Waals surface area contributed by atoms with Gasteiger partial charge in [-0.15, -0.1) is 0 Å². The number of hydrogen-bond donors (Lipinski definition) is 0. The van der Waals surface area contributed by atoms with Crippen molar-refractivity contribution < 1.29 is 9.47 Å². The minimum absolute atomic E-state index is 0.0241. The fraction of sp³-hybridized carbons (Fsp3) is 0.188. The molecule has 2 rings (SSSR count). The standard InChI is InChI=1S/C16H14BrNO2S/c1-19-11-20-15-7-5-12(6-8-15)16(21-10-18)13-3-2-4-14(17)9-13/h2-9,16H,11H2,1H3. The molecule has 0 aliphatic carbocycles. The molecule has 0 spiro atoms. The van der Waals surface area contributed by atoms with E-state index < -0.39 is 0 Å². The number of nitriles is 1. The van der Waals surface area contributed by atoms with Crippen molar-refractivity contribution in [3.63, 3.8) is 0 Å². The number of thioether (sulfide) groups is 1. The number of halogens is 1. The van der Waals surface area contributed by atoms with E-state index in [-0.39, 0.29) is 12.0 Å². The Morgan fingerprint density at radius 1 is 1.19 bits per heavy atom. The molecule has 0 heterocycles. The highest BCUT2D eigenvalue weighted by atomic mass is 79.9. The molecule has 0 aromatic heterocycles. The molecule has 1 atom stereocenters.